The molecule has 0 bridgehead atoms. The molecule has 1 aromatic heterocycles. The molecule has 6 nitrogen and oxygen atoms in total. The molecule has 0 radical (unpaired) electrons. The summed E-state index contributed by atoms with van der Waals surface area (Å²) in [6.07, 6.45) is -1.37. The molecular weight excluding hydrogens is 335 g/mol. The fourth-order valence-corrected chi connectivity index (χ4v) is 2.38. The van der Waals surface area contributed by atoms with Gasteiger partial charge in [0.2, 0.25) is 0 Å². The Hall–Kier alpha value is -1.41. The minimum atomic E-state index is -1.37. The lowest BCUT2D eigenvalue weighted by molar-refractivity contribution is -0.129. The molecule has 3 N–H and O–H groups in total. The summed E-state index contributed by atoms with van der Waals surface area (Å²) in [5.41, 5.74) is 0.320. The van der Waals surface area contributed by atoms with Crippen molar-refractivity contribution >= 4 is 41.3 Å². The second-order valence-electron chi connectivity index (χ2n) is 4.33. The molecule has 1 aromatic carbocycles. The van der Waals surface area contributed by atoms with Crippen molar-refractivity contribution in [2.45, 2.75) is 12.6 Å². The largest absolute Gasteiger partial charge is 0.378 e. The van der Waals surface area contributed by atoms with Crippen molar-refractivity contribution in [1.82, 2.24) is 20.1 Å². The molecule has 0 unspecified atom stereocenters. The predicted octanol–water partition coefficient (Wildman–Crippen LogP) is 2.13. The average molecular weight is 347 g/mol. The van der Waals surface area contributed by atoms with E-state index in [-0.39, 0.29) is 6.54 Å². The first-order valence-corrected chi connectivity index (χ1v) is 7.07. The maximum absolute atomic E-state index is 11.9. The number of hydrogen-bond acceptors (Lipinski definition) is 4. The second-order valence-corrected chi connectivity index (χ2v) is 5.59. The normalized spacial score (nSPS) is 12.2. The van der Waals surface area contributed by atoms with E-state index in [4.69, 9.17) is 35.4 Å². The number of hydrogen-bond donors (Lipinski definition) is 3. The number of halogens is 2. The Morgan fingerprint density at radius 1 is 1.48 bits per heavy atom. The van der Waals surface area contributed by atoms with Gasteiger partial charge in [0.15, 0.2) is 16.7 Å². The minimum absolute atomic E-state index is 0.133. The number of nitrogens with zero attached hydrogens (tertiary/aromatic N) is 2. The Kier molecular flexibility index (Phi) is 5.00. The Bertz CT molecular complexity index is 708. The number of amides is 1. The van der Waals surface area contributed by atoms with Gasteiger partial charge in [0, 0.05) is 17.1 Å². The SMILES string of the molecule is Cn1c(CNC(=O)[C@H](O)c2cc(Cl)cc(Cl)c2)n[nH]c1=S. The lowest BCUT2D eigenvalue weighted by Crippen LogP contribution is -2.29. The number of carbonyl (C=O) groups excluding carboxylic acids is 1. The van der Waals surface area contributed by atoms with Crippen LogP contribution in [0.2, 0.25) is 10.0 Å². The second kappa shape index (κ2) is 6.57. The van der Waals surface area contributed by atoms with Crippen molar-refractivity contribution in [2.24, 2.45) is 7.05 Å². The van der Waals surface area contributed by atoms with E-state index in [2.05, 4.69) is 15.5 Å². The van der Waals surface area contributed by atoms with Crippen molar-refractivity contribution in [2.75, 3.05) is 0 Å². The highest BCUT2D eigenvalue weighted by Crippen LogP contribution is 2.23. The zero-order valence-corrected chi connectivity index (χ0v) is 13.3. The monoisotopic (exact) mass is 346 g/mol. The Morgan fingerprint density at radius 2 is 2.10 bits per heavy atom. The highest BCUT2D eigenvalue weighted by atomic mass is 35.5. The molecule has 0 aliphatic heterocycles. The van der Waals surface area contributed by atoms with E-state index in [1.165, 1.54) is 18.2 Å². The Morgan fingerprint density at radius 3 is 2.62 bits per heavy atom. The number of rotatable bonds is 4. The van der Waals surface area contributed by atoms with Gasteiger partial charge in [-0.1, -0.05) is 23.2 Å². The predicted molar refractivity (Wildman–Crippen MR) is 81.7 cm³/mol. The van der Waals surface area contributed by atoms with Crippen molar-refractivity contribution in [3.63, 3.8) is 0 Å². The fraction of sp³-hybridized carbons (Fsp3) is 0.250. The van der Waals surface area contributed by atoms with Crippen LogP contribution in [0.15, 0.2) is 18.2 Å². The van der Waals surface area contributed by atoms with E-state index in [1.807, 2.05) is 0 Å². The van der Waals surface area contributed by atoms with Gasteiger partial charge in [0.05, 0.1) is 6.54 Å². The zero-order valence-electron chi connectivity index (χ0n) is 10.9. The first kappa shape index (κ1) is 16.0. The molecule has 1 amide bonds. The number of H-pyrrole nitrogens is 1. The molecule has 0 fully saturated rings. The molecule has 1 heterocycles. The Balaban J connectivity index is 2.06. The van der Waals surface area contributed by atoms with E-state index in [0.29, 0.717) is 26.2 Å². The van der Waals surface area contributed by atoms with Gasteiger partial charge in [0.25, 0.3) is 5.91 Å². The van der Waals surface area contributed by atoms with Crippen molar-refractivity contribution in [3.05, 3.63) is 44.4 Å². The minimum Gasteiger partial charge on any atom is -0.378 e. The quantitative estimate of drug-likeness (QED) is 0.740. The van der Waals surface area contributed by atoms with Crippen LogP contribution in [0.25, 0.3) is 0 Å². The van der Waals surface area contributed by atoms with Crippen molar-refractivity contribution in [1.29, 1.82) is 0 Å². The maximum atomic E-state index is 11.9. The summed E-state index contributed by atoms with van der Waals surface area (Å²) in [7, 11) is 1.72. The van der Waals surface area contributed by atoms with Gasteiger partial charge < -0.3 is 15.0 Å². The highest BCUT2D eigenvalue weighted by Gasteiger charge is 2.18. The molecule has 112 valence electrons. The van der Waals surface area contributed by atoms with Crippen LogP contribution < -0.4 is 5.32 Å². The van der Waals surface area contributed by atoms with Crippen LogP contribution >= 0.6 is 35.4 Å². The molecular formula is C12H12Cl2N4O2S. The van der Waals surface area contributed by atoms with Gasteiger partial charge in [-0.15, -0.1) is 0 Å². The fourth-order valence-electron chi connectivity index (χ4n) is 1.68. The standard InChI is InChI=1S/C12H12Cl2N4O2S/c1-18-9(16-17-12(18)21)5-15-11(20)10(19)6-2-7(13)4-8(14)3-6/h2-4,10,19H,5H2,1H3,(H,15,20)(H,17,21)/t10-/m1/s1. The lowest BCUT2D eigenvalue weighted by atomic mass is 10.1. The molecule has 0 spiro atoms. The smallest absolute Gasteiger partial charge is 0.253 e. The van der Waals surface area contributed by atoms with Gasteiger partial charge in [-0.05, 0) is 36.0 Å². The molecule has 1 atom stereocenters. The molecule has 21 heavy (non-hydrogen) atoms. The molecule has 2 aromatic rings. The van der Waals surface area contributed by atoms with Gasteiger partial charge in [-0.3, -0.25) is 9.89 Å². The van der Waals surface area contributed by atoms with Crippen molar-refractivity contribution in [3.8, 4) is 0 Å². The molecule has 0 aliphatic rings. The first-order chi connectivity index (χ1) is 9.88. The van der Waals surface area contributed by atoms with Crippen molar-refractivity contribution < 1.29 is 9.90 Å². The van der Waals surface area contributed by atoms with Gasteiger partial charge in [-0.25, -0.2) is 0 Å². The maximum Gasteiger partial charge on any atom is 0.253 e. The number of nitrogens with one attached hydrogen (secondary N) is 2. The number of aromatic amines is 1. The van der Waals surface area contributed by atoms with Crippen LogP contribution in [0.4, 0.5) is 0 Å². The summed E-state index contributed by atoms with van der Waals surface area (Å²) in [4.78, 5) is 11.9. The van der Waals surface area contributed by atoms with E-state index in [0.717, 1.165) is 0 Å². The number of aliphatic hydroxyl groups excluding tert-OH is 1. The molecule has 2 rings (SSSR count). The highest BCUT2D eigenvalue weighted by molar-refractivity contribution is 7.71. The van der Waals surface area contributed by atoms with Gasteiger partial charge in [0.1, 0.15) is 0 Å². The third kappa shape index (κ3) is 3.82. The third-order valence-electron chi connectivity index (χ3n) is 2.84. The van der Waals surface area contributed by atoms with Gasteiger partial charge in [-0.2, -0.15) is 5.10 Å². The number of aliphatic hydroxyl groups is 1. The van der Waals surface area contributed by atoms with Crippen LogP contribution in [0.1, 0.15) is 17.5 Å². The van der Waals surface area contributed by atoms with Crippen LogP contribution in [0.5, 0.6) is 0 Å². The summed E-state index contributed by atoms with van der Waals surface area (Å²) in [6, 6.07) is 4.48. The number of benzene rings is 1. The summed E-state index contributed by atoms with van der Waals surface area (Å²) < 4.78 is 2.07. The Labute approximate surface area is 135 Å². The zero-order chi connectivity index (χ0) is 15.6. The number of carbonyl (C=O) groups is 1. The lowest BCUT2D eigenvalue weighted by Gasteiger charge is -2.12. The van der Waals surface area contributed by atoms with Gasteiger partial charge >= 0.3 is 0 Å². The van der Waals surface area contributed by atoms with E-state index < -0.39 is 12.0 Å². The summed E-state index contributed by atoms with van der Waals surface area (Å²) in [5.74, 6) is -0.0353. The average Bonchev–Trinajstić information content (AvgIpc) is 2.74. The third-order valence-corrected chi connectivity index (χ3v) is 3.64. The van der Waals surface area contributed by atoms with Crippen LogP contribution in [-0.2, 0) is 18.4 Å². The van der Waals surface area contributed by atoms with Crippen LogP contribution in [0.3, 0.4) is 0 Å². The first-order valence-electron chi connectivity index (χ1n) is 5.90. The van der Waals surface area contributed by atoms with E-state index >= 15 is 0 Å². The summed E-state index contributed by atoms with van der Waals surface area (Å²) >= 11 is 16.6. The molecule has 9 heteroatoms. The van der Waals surface area contributed by atoms with E-state index in [1.54, 1.807) is 11.6 Å². The molecule has 0 aliphatic carbocycles. The van der Waals surface area contributed by atoms with Crippen LogP contribution in [-0.4, -0.2) is 25.8 Å². The molecule has 0 saturated heterocycles. The van der Waals surface area contributed by atoms with Crippen LogP contribution in [0, 0.1) is 4.77 Å². The van der Waals surface area contributed by atoms with E-state index in [9.17, 15) is 9.90 Å². The summed E-state index contributed by atoms with van der Waals surface area (Å²) in [6.45, 7) is 0.133. The number of aromatic nitrogens is 3. The topological polar surface area (TPSA) is 82.9 Å². The molecule has 0 saturated carbocycles. The summed E-state index contributed by atoms with van der Waals surface area (Å²) in [5, 5.41) is 19.8.